The lowest BCUT2D eigenvalue weighted by molar-refractivity contribution is -0.144. The first-order valence-electron chi connectivity index (χ1n) is 4.83. The van der Waals surface area contributed by atoms with E-state index in [0.29, 0.717) is 5.69 Å². The summed E-state index contributed by atoms with van der Waals surface area (Å²) in [5, 5.41) is 4.23. The van der Waals surface area contributed by atoms with Gasteiger partial charge in [-0.15, -0.1) is 11.3 Å². The Hall–Kier alpha value is -1.43. The third kappa shape index (κ3) is 3.03. The van der Waals surface area contributed by atoms with E-state index in [1.165, 1.54) is 18.4 Å². The molecule has 1 N–H and O–H groups in total. The molecule has 1 aromatic heterocycles. The fraction of sp³-hybridized carbons (Fsp3) is 0.500. The summed E-state index contributed by atoms with van der Waals surface area (Å²) in [5.41, 5.74) is 1.89. The Kier molecular flexibility index (Phi) is 4.42. The van der Waals surface area contributed by atoms with Crippen molar-refractivity contribution in [2.75, 3.05) is 7.11 Å². The number of hydrogen-bond acceptors (Lipinski definition) is 5. The van der Waals surface area contributed by atoms with Crippen LogP contribution < -0.4 is 5.32 Å². The van der Waals surface area contributed by atoms with Crippen molar-refractivity contribution in [2.24, 2.45) is 5.92 Å². The number of esters is 1. The second kappa shape index (κ2) is 5.60. The highest BCUT2D eigenvalue weighted by atomic mass is 32.1. The lowest BCUT2D eigenvalue weighted by Gasteiger charge is -2.19. The van der Waals surface area contributed by atoms with Crippen molar-refractivity contribution in [3.63, 3.8) is 0 Å². The number of nitrogens with zero attached hydrogens (tertiary/aromatic N) is 1. The molecule has 0 aromatic carbocycles. The number of nitrogens with one attached hydrogen (secondary N) is 1. The van der Waals surface area contributed by atoms with Crippen LogP contribution >= 0.6 is 11.3 Å². The smallest absolute Gasteiger partial charge is 0.328 e. The van der Waals surface area contributed by atoms with Crippen LogP contribution in [0.2, 0.25) is 0 Å². The van der Waals surface area contributed by atoms with E-state index in [2.05, 4.69) is 15.0 Å². The van der Waals surface area contributed by atoms with Crippen molar-refractivity contribution in [3.05, 3.63) is 16.6 Å². The molecule has 0 saturated heterocycles. The van der Waals surface area contributed by atoms with Gasteiger partial charge in [0.1, 0.15) is 11.7 Å². The number of aromatic nitrogens is 1. The lowest BCUT2D eigenvalue weighted by Crippen LogP contribution is -2.45. The predicted octanol–water partition coefficient (Wildman–Crippen LogP) is 1.07. The van der Waals surface area contributed by atoms with Crippen molar-refractivity contribution in [2.45, 2.75) is 19.9 Å². The van der Waals surface area contributed by atoms with E-state index in [1.807, 2.05) is 13.8 Å². The van der Waals surface area contributed by atoms with Crippen LogP contribution in [0, 0.1) is 5.92 Å². The van der Waals surface area contributed by atoms with Gasteiger partial charge in [0.05, 0.1) is 12.6 Å². The molecule has 5 nitrogen and oxygen atoms in total. The Balaban J connectivity index is 2.69. The molecule has 1 rings (SSSR count). The van der Waals surface area contributed by atoms with E-state index in [1.54, 1.807) is 10.9 Å². The molecule has 0 saturated carbocycles. The quantitative estimate of drug-likeness (QED) is 0.802. The van der Waals surface area contributed by atoms with E-state index < -0.39 is 12.0 Å². The monoisotopic (exact) mass is 242 g/mol. The van der Waals surface area contributed by atoms with Gasteiger partial charge in [0, 0.05) is 5.38 Å². The molecular formula is C10H14N2O3S. The average Bonchev–Trinajstić information content (AvgIpc) is 2.77. The van der Waals surface area contributed by atoms with Gasteiger partial charge in [0.25, 0.3) is 5.91 Å². The molecule has 1 heterocycles. The first-order chi connectivity index (χ1) is 7.56. The summed E-state index contributed by atoms with van der Waals surface area (Å²) in [7, 11) is 1.30. The number of carbonyl (C=O) groups excluding carboxylic acids is 2. The van der Waals surface area contributed by atoms with Gasteiger partial charge < -0.3 is 10.1 Å². The van der Waals surface area contributed by atoms with Gasteiger partial charge in [-0.05, 0) is 5.92 Å². The summed E-state index contributed by atoms with van der Waals surface area (Å²) in [6.45, 7) is 3.67. The summed E-state index contributed by atoms with van der Waals surface area (Å²) in [5.74, 6) is -0.834. The van der Waals surface area contributed by atoms with Crippen molar-refractivity contribution < 1.29 is 14.3 Å². The maximum Gasteiger partial charge on any atom is 0.328 e. The molecule has 1 atom stereocenters. The minimum Gasteiger partial charge on any atom is -0.467 e. The number of methoxy groups -OCH3 is 1. The van der Waals surface area contributed by atoms with Gasteiger partial charge in [-0.25, -0.2) is 9.78 Å². The normalized spacial score (nSPS) is 12.2. The van der Waals surface area contributed by atoms with Gasteiger partial charge in [0.15, 0.2) is 0 Å². The topological polar surface area (TPSA) is 68.3 Å². The second-order valence-electron chi connectivity index (χ2n) is 3.59. The zero-order chi connectivity index (χ0) is 12.1. The van der Waals surface area contributed by atoms with Crippen molar-refractivity contribution in [1.29, 1.82) is 0 Å². The van der Waals surface area contributed by atoms with Crippen molar-refractivity contribution in [3.8, 4) is 0 Å². The summed E-state index contributed by atoms with van der Waals surface area (Å²) in [6.07, 6.45) is 0. The molecule has 0 radical (unpaired) electrons. The highest BCUT2D eigenvalue weighted by molar-refractivity contribution is 7.07. The summed E-state index contributed by atoms with van der Waals surface area (Å²) >= 11 is 1.33. The number of thiazole rings is 1. The largest absolute Gasteiger partial charge is 0.467 e. The Morgan fingerprint density at radius 2 is 2.19 bits per heavy atom. The van der Waals surface area contributed by atoms with Crippen molar-refractivity contribution >= 4 is 23.2 Å². The number of hydrogen-bond donors (Lipinski definition) is 1. The van der Waals surface area contributed by atoms with E-state index in [4.69, 9.17) is 0 Å². The Labute approximate surface area is 97.8 Å². The van der Waals surface area contributed by atoms with Crippen LogP contribution in [0.1, 0.15) is 24.3 Å². The second-order valence-corrected chi connectivity index (χ2v) is 4.31. The summed E-state index contributed by atoms with van der Waals surface area (Å²) in [6, 6.07) is -0.640. The molecule has 0 aliphatic rings. The third-order valence-electron chi connectivity index (χ3n) is 2.07. The van der Waals surface area contributed by atoms with Crippen LogP contribution in [0.4, 0.5) is 0 Å². The molecule has 0 bridgehead atoms. The molecule has 0 fully saturated rings. The molecule has 0 aliphatic heterocycles. The molecule has 88 valence electrons. The lowest BCUT2D eigenvalue weighted by atomic mass is 10.0. The van der Waals surface area contributed by atoms with Gasteiger partial charge in [-0.3, -0.25) is 4.79 Å². The van der Waals surface area contributed by atoms with Crippen LogP contribution in [-0.2, 0) is 9.53 Å². The minimum absolute atomic E-state index is 0.0324. The van der Waals surface area contributed by atoms with Crippen LogP contribution in [0.3, 0.4) is 0 Å². The summed E-state index contributed by atoms with van der Waals surface area (Å²) in [4.78, 5) is 26.9. The first kappa shape index (κ1) is 12.6. The van der Waals surface area contributed by atoms with Gasteiger partial charge in [0.2, 0.25) is 0 Å². The SMILES string of the molecule is COC(=O)[C@@H](NC(=O)c1cscn1)C(C)C. The molecule has 1 aromatic rings. The number of ether oxygens (including phenoxy) is 1. The van der Waals surface area contributed by atoms with E-state index in [0.717, 1.165) is 0 Å². The zero-order valence-corrected chi connectivity index (χ0v) is 10.2. The maximum atomic E-state index is 11.7. The first-order valence-corrected chi connectivity index (χ1v) is 5.77. The molecular weight excluding hydrogens is 228 g/mol. The van der Waals surface area contributed by atoms with Crippen LogP contribution in [0.25, 0.3) is 0 Å². The van der Waals surface area contributed by atoms with E-state index >= 15 is 0 Å². The molecule has 0 unspecified atom stereocenters. The Morgan fingerprint density at radius 1 is 1.50 bits per heavy atom. The Morgan fingerprint density at radius 3 is 2.62 bits per heavy atom. The fourth-order valence-corrected chi connectivity index (χ4v) is 1.70. The molecule has 16 heavy (non-hydrogen) atoms. The molecule has 0 aliphatic carbocycles. The minimum atomic E-state index is -0.640. The fourth-order valence-electron chi connectivity index (χ4n) is 1.16. The molecule has 6 heteroatoms. The maximum absolute atomic E-state index is 11.7. The number of amides is 1. The van der Waals surface area contributed by atoms with Crippen LogP contribution in [0.5, 0.6) is 0 Å². The van der Waals surface area contributed by atoms with Gasteiger partial charge >= 0.3 is 5.97 Å². The third-order valence-corrected chi connectivity index (χ3v) is 2.66. The standard InChI is InChI=1S/C10H14N2O3S/c1-6(2)8(10(14)15-3)12-9(13)7-4-16-5-11-7/h4-6,8H,1-3H3,(H,12,13)/t8-/m0/s1. The summed E-state index contributed by atoms with van der Waals surface area (Å²) < 4.78 is 4.62. The number of carbonyl (C=O) groups is 2. The van der Waals surface area contributed by atoms with Gasteiger partial charge in [-0.2, -0.15) is 0 Å². The molecule has 0 spiro atoms. The number of rotatable bonds is 4. The zero-order valence-electron chi connectivity index (χ0n) is 9.39. The van der Waals surface area contributed by atoms with E-state index in [9.17, 15) is 9.59 Å². The van der Waals surface area contributed by atoms with E-state index in [-0.39, 0.29) is 11.8 Å². The average molecular weight is 242 g/mol. The Bertz CT molecular complexity index is 362. The van der Waals surface area contributed by atoms with Crippen molar-refractivity contribution in [1.82, 2.24) is 10.3 Å². The highest BCUT2D eigenvalue weighted by Crippen LogP contribution is 2.06. The van der Waals surface area contributed by atoms with Crippen LogP contribution in [-0.4, -0.2) is 30.0 Å². The highest BCUT2D eigenvalue weighted by Gasteiger charge is 2.25. The van der Waals surface area contributed by atoms with Gasteiger partial charge in [-0.1, -0.05) is 13.8 Å². The van der Waals surface area contributed by atoms with Crippen LogP contribution in [0.15, 0.2) is 10.9 Å². The molecule has 1 amide bonds. The predicted molar refractivity (Wildman–Crippen MR) is 60.2 cm³/mol.